The lowest BCUT2D eigenvalue weighted by Gasteiger charge is -2.05. The highest BCUT2D eigenvalue weighted by Gasteiger charge is 2.09. The maximum Gasteiger partial charge on any atom is 0.365 e. The molecule has 2 rings (SSSR count). The molecule has 0 fully saturated rings. The molecule has 78 valence electrons. The van der Waals surface area contributed by atoms with E-state index >= 15 is 0 Å². The number of halogens is 1. The number of tetrazole rings is 1. The van der Waals surface area contributed by atoms with Crippen molar-refractivity contribution in [3.8, 4) is 5.69 Å². The molecule has 0 saturated heterocycles. The summed E-state index contributed by atoms with van der Waals surface area (Å²) >= 11 is 3.83. The Kier molecular flexibility index (Phi) is 3.10. The molecule has 0 amide bonds. The van der Waals surface area contributed by atoms with E-state index in [1.807, 2.05) is 24.5 Å². The molecule has 1 aromatic heterocycles. The lowest BCUT2D eigenvalue weighted by molar-refractivity contribution is 0.774. The number of rotatable bonds is 2. The van der Waals surface area contributed by atoms with Crippen molar-refractivity contribution in [3.05, 3.63) is 32.3 Å². The van der Waals surface area contributed by atoms with Gasteiger partial charge in [-0.05, 0) is 51.4 Å². The Hall–Kier alpha value is -0.830. The van der Waals surface area contributed by atoms with Crippen LogP contribution in [0.15, 0.2) is 27.9 Å². The van der Waals surface area contributed by atoms with Crippen LogP contribution in [0, 0.1) is 3.57 Å². The monoisotopic (exact) mass is 334 g/mol. The summed E-state index contributed by atoms with van der Waals surface area (Å²) in [5, 5.41) is 9.43. The number of aromatic nitrogens is 4. The van der Waals surface area contributed by atoms with Crippen LogP contribution in [0.5, 0.6) is 0 Å². The van der Waals surface area contributed by atoms with Gasteiger partial charge in [0.05, 0.1) is 9.26 Å². The number of hydrogen-bond donors (Lipinski definition) is 1. The van der Waals surface area contributed by atoms with Crippen LogP contribution in [-0.2, 0) is 0 Å². The smallest absolute Gasteiger partial charge is 0.244 e. The van der Waals surface area contributed by atoms with Crippen LogP contribution >= 0.6 is 34.4 Å². The fourth-order valence-electron chi connectivity index (χ4n) is 1.18. The summed E-state index contributed by atoms with van der Waals surface area (Å²) in [6.45, 7) is 0. The quantitative estimate of drug-likeness (QED) is 0.664. The van der Waals surface area contributed by atoms with Crippen molar-refractivity contribution in [1.29, 1.82) is 0 Å². The van der Waals surface area contributed by atoms with Gasteiger partial charge in [-0.15, -0.1) is 11.8 Å². The third-order valence-electron chi connectivity index (χ3n) is 1.86. The van der Waals surface area contributed by atoms with Gasteiger partial charge in [0.1, 0.15) is 0 Å². The van der Waals surface area contributed by atoms with E-state index in [0.29, 0.717) is 0 Å². The molecule has 0 aliphatic rings. The van der Waals surface area contributed by atoms with E-state index < -0.39 is 0 Å². The Bertz CT molecular complexity index is 535. The number of hydrogen-bond acceptors (Lipinski definition) is 4. The van der Waals surface area contributed by atoms with Crippen molar-refractivity contribution >= 4 is 34.4 Å². The first-order valence-electron chi connectivity index (χ1n) is 4.07. The van der Waals surface area contributed by atoms with E-state index in [4.69, 9.17) is 0 Å². The summed E-state index contributed by atoms with van der Waals surface area (Å²) < 4.78 is 2.25. The Morgan fingerprint density at radius 3 is 2.93 bits per heavy atom. The van der Waals surface area contributed by atoms with Crippen molar-refractivity contribution in [1.82, 2.24) is 20.2 Å². The molecule has 0 bridgehead atoms. The minimum absolute atomic E-state index is 0.328. The van der Waals surface area contributed by atoms with E-state index in [1.54, 1.807) is 11.8 Å². The van der Waals surface area contributed by atoms with Crippen molar-refractivity contribution in [2.75, 3.05) is 6.26 Å². The number of benzene rings is 1. The van der Waals surface area contributed by atoms with Gasteiger partial charge in [0.15, 0.2) is 0 Å². The largest absolute Gasteiger partial charge is 0.365 e. The first-order chi connectivity index (χ1) is 7.24. The molecule has 1 N–H and O–H groups in total. The van der Waals surface area contributed by atoms with Gasteiger partial charge in [0, 0.05) is 4.90 Å². The van der Waals surface area contributed by atoms with Gasteiger partial charge in [-0.25, -0.2) is 9.89 Å². The van der Waals surface area contributed by atoms with Crippen molar-refractivity contribution in [2.24, 2.45) is 0 Å². The average Bonchev–Trinajstić information content (AvgIpc) is 2.65. The fourth-order valence-corrected chi connectivity index (χ4v) is 2.92. The first-order valence-corrected chi connectivity index (χ1v) is 6.37. The van der Waals surface area contributed by atoms with Crippen LogP contribution in [-0.4, -0.2) is 26.5 Å². The molecule has 0 saturated carbocycles. The maximum absolute atomic E-state index is 11.3. The first kappa shape index (κ1) is 10.7. The third-order valence-corrected chi connectivity index (χ3v) is 4.14. The van der Waals surface area contributed by atoms with Crippen LogP contribution in [0.3, 0.4) is 0 Å². The molecule has 1 heterocycles. The molecule has 7 heteroatoms. The molecule has 0 aliphatic heterocycles. The van der Waals surface area contributed by atoms with Gasteiger partial charge in [-0.3, -0.25) is 0 Å². The lowest BCUT2D eigenvalue weighted by Crippen LogP contribution is -2.17. The second kappa shape index (κ2) is 4.35. The normalized spacial score (nSPS) is 10.5. The molecule has 0 spiro atoms. The third kappa shape index (κ3) is 1.93. The zero-order chi connectivity index (χ0) is 10.8. The second-order valence-corrected chi connectivity index (χ2v) is 4.64. The van der Waals surface area contributed by atoms with Crippen LogP contribution in [0.25, 0.3) is 5.69 Å². The molecule has 15 heavy (non-hydrogen) atoms. The van der Waals surface area contributed by atoms with E-state index in [-0.39, 0.29) is 5.69 Å². The van der Waals surface area contributed by atoms with Crippen LogP contribution in [0.4, 0.5) is 0 Å². The SMILES string of the molecule is CSc1cccc(-n2nn[nH]c2=O)c1I. The number of thioether (sulfide) groups is 1. The van der Waals surface area contributed by atoms with Gasteiger partial charge in [0.25, 0.3) is 0 Å². The Balaban J connectivity index is 2.64. The van der Waals surface area contributed by atoms with Crippen LogP contribution in [0.2, 0.25) is 0 Å². The predicted molar refractivity (Wildman–Crippen MR) is 66.5 cm³/mol. The predicted octanol–water partition coefficient (Wildman–Crippen LogP) is 1.28. The topological polar surface area (TPSA) is 63.6 Å². The summed E-state index contributed by atoms with van der Waals surface area (Å²) in [6, 6.07) is 5.73. The highest BCUT2D eigenvalue weighted by molar-refractivity contribution is 14.1. The summed E-state index contributed by atoms with van der Waals surface area (Å²) in [5.41, 5.74) is 0.423. The summed E-state index contributed by atoms with van der Waals surface area (Å²) in [6.07, 6.45) is 1.99. The molecule has 0 unspecified atom stereocenters. The van der Waals surface area contributed by atoms with E-state index in [2.05, 4.69) is 38.1 Å². The highest BCUT2D eigenvalue weighted by Crippen LogP contribution is 2.26. The minimum Gasteiger partial charge on any atom is -0.244 e. The molecule has 0 radical (unpaired) electrons. The van der Waals surface area contributed by atoms with Gasteiger partial charge in [0.2, 0.25) is 0 Å². The van der Waals surface area contributed by atoms with Crippen molar-refractivity contribution in [3.63, 3.8) is 0 Å². The maximum atomic E-state index is 11.3. The van der Waals surface area contributed by atoms with E-state index in [0.717, 1.165) is 14.2 Å². The number of nitrogens with one attached hydrogen (secondary N) is 1. The molecular formula is C8H7IN4OS. The molecule has 1 aromatic carbocycles. The second-order valence-electron chi connectivity index (χ2n) is 2.71. The van der Waals surface area contributed by atoms with Gasteiger partial charge >= 0.3 is 5.69 Å². The summed E-state index contributed by atoms with van der Waals surface area (Å²) in [5.74, 6) is 0. The molecular weight excluding hydrogens is 327 g/mol. The van der Waals surface area contributed by atoms with Gasteiger partial charge < -0.3 is 0 Å². The Morgan fingerprint density at radius 2 is 2.33 bits per heavy atom. The highest BCUT2D eigenvalue weighted by atomic mass is 127. The van der Waals surface area contributed by atoms with E-state index in [9.17, 15) is 4.79 Å². The van der Waals surface area contributed by atoms with E-state index in [1.165, 1.54) is 4.68 Å². The Morgan fingerprint density at radius 1 is 1.53 bits per heavy atom. The molecule has 5 nitrogen and oxygen atoms in total. The Labute approximate surface area is 103 Å². The summed E-state index contributed by atoms with van der Waals surface area (Å²) in [4.78, 5) is 12.5. The van der Waals surface area contributed by atoms with Gasteiger partial charge in [-0.2, -0.15) is 4.68 Å². The van der Waals surface area contributed by atoms with Crippen LogP contribution in [0.1, 0.15) is 0 Å². The number of nitrogens with zero attached hydrogens (tertiary/aromatic N) is 3. The van der Waals surface area contributed by atoms with Crippen molar-refractivity contribution in [2.45, 2.75) is 4.90 Å². The average molecular weight is 334 g/mol. The molecule has 2 aromatic rings. The standard InChI is InChI=1S/C8H7IN4OS/c1-15-6-4-2-3-5(7(6)9)13-8(14)10-11-12-13/h2-4H,1H3,(H,10,12,14). The molecule has 0 atom stereocenters. The zero-order valence-corrected chi connectivity index (χ0v) is 10.7. The lowest BCUT2D eigenvalue weighted by atomic mass is 10.3. The van der Waals surface area contributed by atoms with Crippen LogP contribution < -0.4 is 5.69 Å². The fraction of sp³-hybridized carbons (Fsp3) is 0.125. The zero-order valence-electron chi connectivity index (χ0n) is 7.77. The number of H-pyrrole nitrogens is 1. The minimum atomic E-state index is -0.328. The summed E-state index contributed by atoms with van der Waals surface area (Å²) in [7, 11) is 0. The van der Waals surface area contributed by atoms with Gasteiger partial charge in [-0.1, -0.05) is 6.07 Å². The molecule has 0 aliphatic carbocycles. The van der Waals surface area contributed by atoms with Crippen molar-refractivity contribution < 1.29 is 0 Å². The number of aromatic amines is 1.